The molecule has 1 aromatic rings. The fourth-order valence-electron chi connectivity index (χ4n) is 2.66. The molecule has 1 aliphatic rings. The fraction of sp³-hybridized carbons (Fsp3) is 0.611. The molecule has 0 spiro atoms. The van der Waals surface area contributed by atoms with Gasteiger partial charge in [0.2, 0.25) is 0 Å². The van der Waals surface area contributed by atoms with Crippen molar-refractivity contribution >= 4 is 11.6 Å². The van der Waals surface area contributed by atoms with Gasteiger partial charge in [-0.15, -0.1) is 0 Å². The van der Waals surface area contributed by atoms with Crippen LogP contribution in [0.15, 0.2) is 29.3 Å². The number of guanidine groups is 1. The van der Waals surface area contributed by atoms with Crippen LogP contribution in [0.1, 0.15) is 32.3 Å². The van der Waals surface area contributed by atoms with E-state index in [0.717, 1.165) is 38.5 Å². The van der Waals surface area contributed by atoms with E-state index in [2.05, 4.69) is 58.6 Å². The van der Waals surface area contributed by atoms with Crippen LogP contribution in [0.5, 0.6) is 0 Å². The SMILES string of the molecule is CCNC(=NCc1ccc(N(C)C)cc1)NCC1(C)CCCO1. The molecule has 2 N–H and O–H groups in total. The third-order valence-corrected chi connectivity index (χ3v) is 4.15. The molecule has 128 valence electrons. The summed E-state index contributed by atoms with van der Waals surface area (Å²) >= 11 is 0. The molecular weight excluding hydrogens is 288 g/mol. The van der Waals surface area contributed by atoms with Gasteiger partial charge < -0.3 is 20.3 Å². The molecule has 1 aliphatic heterocycles. The number of nitrogens with zero attached hydrogens (tertiary/aromatic N) is 2. The highest BCUT2D eigenvalue weighted by molar-refractivity contribution is 5.79. The zero-order valence-corrected chi connectivity index (χ0v) is 14.9. The Kier molecular flexibility index (Phi) is 6.28. The molecule has 1 saturated heterocycles. The molecule has 5 heteroatoms. The lowest BCUT2D eigenvalue weighted by Gasteiger charge is -2.24. The predicted octanol–water partition coefficient (Wildman–Crippen LogP) is 2.38. The number of benzene rings is 1. The van der Waals surface area contributed by atoms with Crippen molar-refractivity contribution < 1.29 is 4.74 Å². The number of rotatable bonds is 6. The second kappa shape index (κ2) is 8.20. The van der Waals surface area contributed by atoms with Gasteiger partial charge in [0, 0.05) is 39.5 Å². The molecule has 1 heterocycles. The average molecular weight is 318 g/mol. The van der Waals surface area contributed by atoms with Gasteiger partial charge in [-0.2, -0.15) is 0 Å². The third-order valence-electron chi connectivity index (χ3n) is 4.15. The van der Waals surface area contributed by atoms with Gasteiger partial charge >= 0.3 is 0 Å². The second-order valence-electron chi connectivity index (χ2n) is 6.51. The van der Waals surface area contributed by atoms with Crippen LogP contribution in [0.25, 0.3) is 0 Å². The Morgan fingerprint density at radius 2 is 2.00 bits per heavy atom. The third kappa shape index (κ3) is 5.43. The molecule has 1 unspecified atom stereocenters. The van der Waals surface area contributed by atoms with Gasteiger partial charge in [-0.25, -0.2) is 4.99 Å². The van der Waals surface area contributed by atoms with Gasteiger partial charge in [-0.3, -0.25) is 0 Å². The van der Waals surface area contributed by atoms with Gasteiger partial charge in [0.05, 0.1) is 12.1 Å². The summed E-state index contributed by atoms with van der Waals surface area (Å²) in [6.45, 7) is 7.42. The van der Waals surface area contributed by atoms with Crippen molar-refractivity contribution in [2.45, 2.75) is 38.8 Å². The van der Waals surface area contributed by atoms with Crippen molar-refractivity contribution in [1.82, 2.24) is 10.6 Å². The molecular formula is C18H30N4O. The van der Waals surface area contributed by atoms with E-state index in [9.17, 15) is 0 Å². The maximum Gasteiger partial charge on any atom is 0.191 e. The molecule has 2 rings (SSSR count). The molecule has 0 radical (unpaired) electrons. The van der Waals surface area contributed by atoms with Crippen LogP contribution >= 0.6 is 0 Å². The van der Waals surface area contributed by atoms with E-state index in [1.165, 1.54) is 11.3 Å². The van der Waals surface area contributed by atoms with Crippen LogP contribution in [0, 0.1) is 0 Å². The summed E-state index contributed by atoms with van der Waals surface area (Å²) in [5.74, 6) is 0.848. The van der Waals surface area contributed by atoms with Crippen molar-refractivity contribution in [2.24, 2.45) is 4.99 Å². The maximum atomic E-state index is 5.82. The number of hydrogen-bond acceptors (Lipinski definition) is 3. The molecule has 0 aromatic heterocycles. The normalized spacial score (nSPS) is 21.3. The quantitative estimate of drug-likeness (QED) is 0.624. The molecule has 0 saturated carbocycles. The molecule has 1 atom stereocenters. The largest absolute Gasteiger partial charge is 0.378 e. The number of hydrogen-bond donors (Lipinski definition) is 2. The van der Waals surface area contributed by atoms with Crippen LogP contribution in [0.4, 0.5) is 5.69 Å². The average Bonchev–Trinajstić information content (AvgIpc) is 2.97. The first-order valence-electron chi connectivity index (χ1n) is 8.45. The second-order valence-corrected chi connectivity index (χ2v) is 6.51. The van der Waals surface area contributed by atoms with Crippen LogP contribution in [-0.2, 0) is 11.3 Å². The summed E-state index contributed by atoms with van der Waals surface area (Å²) in [6.07, 6.45) is 2.25. The van der Waals surface area contributed by atoms with Crippen molar-refractivity contribution in [3.63, 3.8) is 0 Å². The molecule has 1 aromatic carbocycles. The highest BCUT2D eigenvalue weighted by Crippen LogP contribution is 2.23. The summed E-state index contributed by atoms with van der Waals surface area (Å²) in [5, 5.41) is 6.71. The van der Waals surface area contributed by atoms with Crippen molar-refractivity contribution in [3.8, 4) is 0 Å². The first-order valence-corrected chi connectivity index (χ1v) is 8.45. The zero-order chi connectivity index (χ0) is 16.7. The molecule has 1 fully saturated rings. The smallest absolute Gasteiger partial charge is 0.191 e. The minimum atomic E-state index is -0.0659. The lowest BCUT2D eigenvalue weighted by molar-refractivity contribution is 0.0243. The molecule has 0 bridgehead atoms. The van der Waals surface area contributed by atoms with E-state index in [-0.39, 0.29) is 5.60 Å². The van der Waals surface area contributed by atoms with E-state index in [4.69, 9.17) is 4.74 Å². The maximum absolute atomic E-state index is 5.82. The summed E-state index contributed by atoms with van der Waals surface area (Å²) in [7, 11) is 4.10. The van der Waals surface area contributed by atoms with Crippen molar-refractivity contribution in [1.29, 1.82) is 0 Å². The predicted molar refractivity (Wildman–Crippen MR) is 97.2 cm³/mol. The van der Waals surface area contributed by atoms with E-state index in [1.807, 2.05) is 14.1 Å². The monoisotopic (exact) mass is 318 g/mol. The Hall–Kier alpha value is -1.75. The van der Waals surface area contributed by atoms with Gasteiger partial charge in [-0.05, 0) is 44.4 Å². The highest BCUT2D eigenvalue weighted by Gasteiger charge is 2.29. The molecule has 5 nitrogen and oxygen atoms in total. The summed E-state index contributed by atoms with van der Waals surface area (Å²) in [5.41, 5.74) is 2.34. The van der Waals surface area contributed by atoms with E-state index >= 15 is 0 Å². The Morgan fingerprint density at radius 3 is 2.57 bits per heavy atom. The van der Waals surface area contributed by atoms with E-state index in [0.29, 0.717) is 6.54 Å². The topological polar surface area (TPSA) is 48.9 Å². The Balaban J connectivity index is 1.92. The fourth-order valence-corrected chi connectivity index (χ4v) is 2.66. The van der Waals surface area contributed by atoms with Crippen LogP contribution in [-0.4, -0.2) is 45.4 Å². The Bertz CT molecular complexity index is 504. The Morgan fingerprint density at radius 1 is 1.26 bits per heavy atom. The minimum Gasteiger partial charge on any atom is -0.378 e. The molecule has 0 aliphatic carbocycles. The number of ether oxygens (including phenoxy) is 1. The number of anilines is 1. The van der Waals surface area contributed by atoms with Gasteiger partial charge in [0.15, 0.2) is 5.96 Å². The standard InChI is InChI=1S/C18H30N4O/c1-5-19-17(21-14-18(2)11-6-12-23-18)20-13-15-7-9-16(10-8-15)22(3)4/h7-10H,5-6,11-14H2,1-4H3,(H2,19,20,21). The van der Waals surface area contributed by atoms with Gasteiger partial charge in [0.25, 0.3) is 0 Å². The first kappa shape index (κ1) is 17.6. The van der Waals surface area contributed by atoms with Crippen molar-refractivity contribution in [3.05, 3.63) is 29.8 Å². The summed E-state index contributed by atoms with van der Waals surface area (Å²) < 4.78 is 5.82. The lowest BCUT2D eigenvalue weighted by atomic mass is 10.0. The van der Waals surface area contributed by atoms with E-state index < -0.39 is 0 Å². The molecule has 23 heavy (non-hydrogen) atoms. The Labute approximate surface area is 140 Å². The van der Waals surface area contributed by atoms with Crippen LogP contribution in [0.2, 0.25) is 0 Å². The van der Waals surface area contributed by atoms with Crippen LogP contribution < -0.4 is 15.5 Å². The number of nitrogens with one attached hydrogen (secondary N) is 2. The first-order chi connectivity index (χ1) is 11.0. The van der Waals surface area contributed by atoms with E-state index in [1.54, 1.807) is 0 Å². The number of aliphatic imine (C=N–C) groups is 1. The zero-order valence-electron chi connectivity index (χ0n) is 14.9. The minimum absolute atomic E-state index is 0.0659. The highest BCUT2D eigenvalue weighted by atomic mass is 16.5. The van der Waals surface area contributed by atoms with Gasteiger partial charge in [0.1, 0.15) is 0 Å². The summed E-state index contributed by atoms with van der Waals surface area (Å²) in [4.78, 5) is 6.77. The lowest BCUT2D eigenvalue weighted by Crippen LogP contribution is -2.45. The summed E-state index contributed by atoms with van der Waals surface area (Å²) in [6, 6.07) is 8.50. The van der Waals surface area contributed by atoms with Crippen LogP contribution in [0.3, 0.4) is 0 Å². The van der Waals surface area contributed by atoms with Crippen molar-refractivity contribution in [2.75, 3.05) is 38.7 Å². The molecule has 0 amide bonds. The van der Waals surface area contributed by atoms with Gasteiger partial charge in [-0.1, -0.05) is 12.1 Å².